The average Bonchev–Trinajstić information content (AvgIpc) is 2.52. The van der Waals surface area contributed by atoms with Gasteiger partial charge in [0.25, 0.3) is 0 Å². The second-order valence-electron chi connectivity index (χ2n) is 10.3. The number of Topliss-reactive ketones (excluding diaryl/α,β-unsaturated/α-hetero) is 1. The average molecular weight is 415 g/mol. The van der Waals surface area contributed by atoms with Crippen molar-refractivity contribution in [2.45, 2.75) is 114 Å². The Kier molecular flexibility index (Phi) is 7.71. The van der Waals surface area contributed by atoms with E-state index in [1.807, 2.05) is 0 Å². The SMILES string of the molecule is CC(C)[Si](OCC(=O)[C@H]1O[C@@H]2C[C@H](C)CC[C@H]2C(C)(C)S1)(C(C)C)C(C)C. The topological polar surface area (TPSA) is 35.5 Å². The standard InChI is InChI=1S/C22H42O3SSi/c1-14(2)27(15(3)4,16(5)6)24-13-19(23)21-25-20-12-17(7)10-11-18(20)22(8,9)26-21/h14-18,20-21H,10-13H2,1-9H3/t17-,18-,20-,21+/m1/s1. The Morgan fingerprint density at radius 2 is 1.67 bits per heavy atom. The lowest BCUT2D eigenvalue weighted by atomic mass is 9.75. The summed E-state index contributed by atoms with van der Waals surface area (Å²) in [5.41, 5.74) is 1.10. The summed E-state index contributed by atoms with van der Waals surface area (Å²) < 4.78 is 13.0. The van der Waals surface area contributed by atoms with E-state index in [9.17, 15) is 4.79 Å². The van der Waals surface area contributed by atoms with E-state index in [4.69, 9.17) is 9.16 Å². The molecule has 3 nitrogen and oxygen atoms in total. The van der Waals surface area contributed by atoms with Crippen LogP contribution in [0, 0.1) is 11.8 Å². The van der Waals surface area contributed by atoms with E-state index in [2.05, 4.69) is 62.3 Å². The Labute approximate surface area is 172 Å². The molecule has 0 N–H and O–H groups in total. The molecule has 1 saturated heterocycles. The van der Waals surface area contributed by atoms with E-state index >= 15 is 0 Å². The summed E-state index contributed by atoms with van der Waals surface area (Å²) in [5, 5.41) is 0. The molecule has 1 heterocycles. The quantitative estimate of drug-likeness (QED) is 0.450. The highest BCUT2D eigenvalue weighted by Gasteiger charge is 2.49. The van der Waals surface area contributed by atoms with Crippen molar-refractivity contribution in [3.05, 3.63) is 0 Å². The van der Waals surface area contributed by atoms with Gasteiger partial charge < -0.3 is 9.16 Å². The van der Waals surface area contributed by atoms with Gasteiger partial charge in [-0.25, -0.2) is 0 Å². The van der Waals surface area contributed by atoms with Gasteiger partial charge in [-0.15, -0.1) is 11.8 Å². The summed E-state index contributed by atoms with van der Waals surface area (Å²) in [4.78, 5) is 13.1. The summed E-state index contributed by atoms with van der Waals surface area (Å²) >= 11 is 1.72. The van der Waals surface area contributed by atoms with Gasteiger partial charge in [0, 0.05) is 4.75 Å². The van der Waals surface area contributed by atoms with Gasteiger partial charge in [0.15, 0.2) is 11.2 Å². The Balaban J connectivity index is 2.09. The minimum absolute atomic E-state index is 0.0893. The first kappa shape index (κ1) is 23.4. The lowest BCUT2D eigenvalue weighted by Gasteiger charge is -2.50. The lowest BCUT2D eigenvalue weighted by Crippen LogP contribution is -2.53. The monoisotopic (exact) mass is 414 g/mol. The van der Waals surface area contributed by atoms with Crippen LogP contribution in [0.2, 0.25) is 16.6 Å². The summed E-state index contributed by atoms with van der Waals surface area (Å²) in [6.45, 7) is 20.7. The second kappa shape index (κ2) is 8.89. The highest BCUT2D eigenvalue weighted by Crippen LogP contribution is 2.50. The van der Waals surface area contributed by atoms with Crippen LogP contribution in [0.15, 0.2) is 0 Å². The molecule has 1 aliphatic carbocycles. The summed E-state index contributed by atoms with van der Waals surface area (Å²) in [5.74, 6) is 1.38. The minimum Gasteiger partial charge on any atom is -0.409 e. The Morgan fingerprint density at radius 3 is 2.19 bits per heavy atom. The first-order valence-corrected chi connectivity index (χ1v) is 13.9. The molecule has 158 valence electrons. The van der Waals surface area contributed by atoms with Crippen LogP contribution in [-0.2, 0) is 14.0 Å². The van der Waals surface area contributed by atoms with E-state index in [0.717, 1.165) is 6.42 Å². The molecule has 4 atom stereocenters. The van der Waals surface area contributed by atoms with Crippen molar-refractivity contribution < 1.29 is 14.0 Å². The molecule has 27 heavy (non-hydrogen) atoms. The first-order chi connectivity index (χ1) is 12.4. The number of hydrogen-bond acceptors (Lipinski definition) is 4. The van der Waals surface area contributed by atoms with E-state index in [0.29, 0.717) is 28.5 Å². The predicted molar refractivity (Wildman–Crippen MR) is 119 cm³/mol. The van der Waals surface area contributed by atoms with Crippen LogP contribution in [0.1, 0.15) is 81.6 Å². The maximum atomic E-state index is 13.1. The van der Waals surface area contributed by atoms with Crippen molar-refractivity contribution in [2.75, 3.05) is 6.61 Å². The second-order valence-corrected chi connectivity index (χ2v) is 17.5. The summed E-state index contributed by atoms with van der Waals surface area (Å²) in [6, 6.07) is 0. The third-order valence-corrected chi connectivity index (χ3v) is 14.6. The first-order valence-electron chi connectivity index (χ1n) is 10.9. The third kappa shape index (κ3) is 4.84. The molecular formula is C22H42O3SSi. The van der Waals surface area contributed by atoms with Gasteiger partial charge in [-0.2, -0.15) is 0 Å². The smallest absolute Gasteiger partial charge is 0.200 e. The number of fused-ring (bicyclic) bond motifs is 1. The molecule has 0 unspecified atom stereocenters. The summed E-state index contributed by atoms with van der Waals surface area (Å²) in [6.07, 6.45) is 3.80. The van der Waals surface area contributed by atoms with Crippen LogP contribution in [0.25, 0.3) is 0 Å². The Bertz CT molecular complexity index is 496. The number of rotatable bonds is 7. The molecule has 1 aliphatic heterocycles. The van der Waals surface area contributed by atoms with E-state index in [1.54, 1.807) is 11.8 Å². The fraction of sp³-hybridized carbons (Fsp3) is 0.955. The van der Waals surface area contributed by atoms with Gasteiger partial charge in [-0.05, 0) is 41.3 Å². The van der Waals surface area contributed by atoms with Crippen LogP contribution in [-0.4, -0.2) is 37.0 Å². The van der Waals surface area contributed by atoms with Gasteiger partial charge >= 0.3 is 0 Å². The largest absolute Gasteiger partial charge is 0.409 e. The number of ether oxygens (including phenoxy) is 1. The number of hydrogen-bond donors (Lipinski definition) is 0. The molecule has 0 radical (unpaired) electrons. The highest BCUT2D eigenvalue weighted by atomic mass is 32.2. The van der Waals surface area contributed by atoms with E-state index < -0.39 is 8.32 Å². The van der Waals surface area contributed by atoms with Crippen molar-refractivity contribution in [3.63, 3.8) is 0 Å². The Hall–Kier alpha value is 0.157. The van der Waals surface area contributed by atoms with Crippen LogP contribution < -0.4 is 0 Å². The molecular weight excluding hydrogens is 372 g/mol. The molecule has 0 spiro atoms. The number of thioether (sulfide) groups is 1. The highest BCUT2D eigenvalue weighted by molar-refractivity contribution is 8.01. The molecule has 0 bridgehead atoms. The van der Waals surface area contributed by atoms with Gasteiger partial charge in [-0.1, -0.05) is 68.7 Å². The van der Waals surface area contributed by atoms with Gasteiger partial charge in [0.05, 0.1) is 12.7 Å². The fourth-order valence-corrected chi connectivity index (χ4v) is 12.5. The maximum Gasteiger partial charge on any atom is 0.200 e. The van der Waals surface area contributed by atoms with Gasteiger partial charge in [0.1, 0.15) is 0 Å². The molecule has 2 aliphatic rings. The molecule has 0 aromatic carbocycles. The zero-order valence-corrected chi connectivity index (χ0v) is 20.8. The third-order valence-electron chi connectivity index (χ3n) is 7.09. The number of ketones is 1. The van der Waals surface area contributed by atoms with Crippen LogP contribution >= 0.6 is 11.8 Å². The number of carbonyl (C=O) groups excluding carboxylic acids is 1. The van der Waals surface area contributed by atoms with Crippen LogP contribution in [0.5, 0.6) is 0 Å². The maximum absolute atomic E-state index is 13.1. The molecule has 0 aromatic heterocycles. The summed E-state index contributed by atoms with van der Waals surface area (Å²) in [7, 11) is -2.02. The van der Waals surface area contributed by atoms with E-state index in [1.165, 1.54) is 12.8 Å². The van der Waals surface area contributed by atoms with E-state index in [-0.39, 0.29) is 28.7 Å². The lowest BCUT2D eigenvalue weighted by molar-refractivity contribution is -0.136. The van der Waals surface area contributed by atoms with Crippen molar-refractivity contribution in [1.82, 2.24) is 0 Å². The van der Waals surface area contributed by atoms with Crippen molar-refractivity contribution in [2.24, 2.45) is 11.8 Å². The van der Waals surface area contributed by atoms with Crippen LogP contribution in [0.4, 0.5) is 0 Å². The van der Waals surface area contributed by atoms with Crippen molar-refractivity contribution in [3.8, 4) is 0 Å². The fourth-order valence-electron chi connectivity index (χ4n) is 5.73. The van der Waals surface area contributed by atoms with Crippen LogP contribution in [0.3, 0.4) is 0 Å². The zero-order chi connectivity index (χ0) is 20.6. The molecule has 0 amide bonds. The number of carbonyl (C=O) groups is 1. The van der Waals surface area contributed by atoms with Crippen molar-refractivity contribution >= 4 is 25.9 Å². The minimum atomic E-state index is -2.02. The molecule has 2 fully saturated rings. The normalized spacial score (nSPS) is 31.4. The molecule has 2 rings (SSSR count). The predicted octanol–water partition coefficient (Wildman–Crippen LogP) is 6.42. The van der Waals surface area contributed by atoms with Crippen molar-refractivity contribution in [1.29, 1.82) is 0 Å². The van der Waals surface area contributed by atoms with Gasteiger partial charge in [0.2, 0.25) is 8.32 Å². The molecule has 0 aromatic rings. The molecule has 1 saturated carbocycles. The van der Waals surface area contributed by atoms with Gasteiger partial charge in [-0.3, -0.25) is 4.79 Å². The Morgan fingerprint density at radius 1 is 1.11 bits per heavy atom. The zero-order valence-electron chi connectivity index (χ0n) is 19.0. The molecule has 5 heteroatoms.